The Kier molecular flexibility index (Phi) is 2.82. The first-order chi connectivity index (χ1) is 7.77. The molecule has 0 aromatic heterocycles. The standard InChI is InChI=1S/C14H15NO/c1-4-8-11-13(5-2)16-14-10-7-6-9-12(14)15(11)3/h4-10H,2H2,1,3H3/b8-4-. The molecule has 1 aliphatic rings. The van der Waals surface area contributed by atoms with Crippen LogP contribution in [0.5, 0.6) is 5.75 Å². The summed E-state index contributed by atoms with van der Waals surface area (Å²) < 4.78 is 5.79. The number of anilines is 1. The van der Waals surface area contributed by atoms with Gasteiger partial charge in [-0.2, -0.15) is 0 Å². The molecule has 0 saturated heterocycles. The van der Waals surface area contributed by atoms with Crippen LogP contribution in [0.15, 0.2) is 60.5 Å². The molecule has 0 radical (unpaired) electrons. The highest BCUT2D eigenvalue weighted by Crippen LogP contribution is 2.36. The summed E-state index contributed by atoms with van der Waals surface area (Å²) in [5, 5.41) is 0. The van der Waals surface area contributed by atoms with E-state index in [4.69, 9.17) is 4.74 Å². The predicted molar refractivity (Wildman–Crippen MR) is 67.5 cm³/mol. The van der Waals surface area contributed by atoms with E-state index in [-0.39, 0.29) is 0 Å². The Morgan fingerprint density at radius 2 is 2.06 bits per heavy atom. The highest BCUT2D eigenvalue weighted by molar-refractivity contribution is 5.67. The van der Waals surface area contributed by atoms with E-state index in [1.807, 2.05) is 50.4 Å². The van der Waals surface area contributed by atoms with Gasteiger partial charge in [-0.05, 0) is 31.2 Å². The lowest BCUT2D eigenvalue weighted by atomic mass is 10.2. The predicted octanol–water partition coefficient (Wildman–Crippen LogP) is 3.49. The average molecular weight is 213 g/mol. The molecule has 1 aliphatic heterocycles. The number of allylic oxidation sites excluding steroid dienone is 3. The molecule has 0 aliphatic carbocycles. The molecule has 2 nitrogen and oxygen atoms in total. The normalized spacial score (nSPS) is 15.0. The smallest absolute Gasteiger partial charge is 0.151 e. The van der Waals surface area contributed by atoms with Gasteiger partial charge in [0.05, 0.1) is 11.4 Å². The van der Waals surface area contributed by atoms with Crippen LogP contribution in [0.25, 0.3) is 0 Å². The Balaban J connectivity index is 2.53. The zero-order chi connectivity index (χ0) is 11.5. The third kappa shape index (κ3) is 1.63. The van der Waals surface area contributed by atoms with Gasteiger partial charge in [-0.1, -0.05) is 24.8 Å². The maximum Gasteiger partial charge on any atom is 0.151 e. The van der Waals surface area contributed by atoms with Gasteiger partial charge in [0.2, 0.25) is 0 Å². The molecule has 0 bridgehead atoms. The van der Waals surface area contributed by atoms with Crippen LogP contribution in [0.3, 0.4) is 0 Å². The molecule has 1 aromatic rings. The number of likely N-dealkylation sites (N-methyl/N-ethyl adjacent to an activating group) is 1. The molecule has 0 fully saturated rings. The van der Waals surface area contributed by atoms with Gasteiger partial charge in [-0.15, -0.1) is 0 Å². The molecule has 0 saturated carbocycles. The molecule has 0 amide bonds. The summed E-state index contributed by atoms with van der Waals surface area (Å²) in [6, 6.07) is 7.97. The highest BCUT2D eigenvalue weighted by atomic mass is 16.5. The molecule has 2 heteroatoms. The number of rotatable bonds is 2. The first kappa shape index (κ1) is 10.6. The maximum absolute atomic E-state index is 5.79. The molecule has 0 unspecified atom stereocenters. The second-order valence-corrected chi connectivity index (χ2v) is 3.58. The van der Waals surface area contributed by atoms with Crippen LogP contribution in [0.1, 0.15) is 6.92 Å². The van der Waals surface area contributed by atoms with Crippen LogP contribution in [-0.2, 0) is 0 Å². The second-order valence-electron chi connectivity index (χ2n) is 3.58. The van der Waals surface area contributed by atoms with Crippen molar-refractivity contribution in [2.75, 3.05) is 11.9 Å². The van der Waals surface area contributed by atoms with Gasteiger partial charge in [-0.3, -0.25) is 0 Å². The number of para-hydroxylation sites is 2. The number of benzene rings is 1. The van der Waals surface area contributed by atoms with Crippen LogP contribution in [0.2, 0.25) is 0 Å². The summed E-state index contributed by atoms with van der Waals surface area (Å²) in [5.74, 6) is 1.66. The molecule has 16 heavy (non-hydrogen) atoms. The minimum absolute atomic E-state index is 0.791. The van der Waals surface area contributed by atoms with Crippen LogP contribution < -0.4 is 9.64 Å². The maximum atomic E-state index is 5.79. The minimum Gasteiger partial charge on any atom is -0.453 e. The zero-order valence-electron chi connectivity index (χ0n) is 9.60. The zero-order valence-corrected chi connectivity index (χ0v) is 9.60. The van der Waals surface area contributed by atoms with Crippen molar-refractivity contribution in [3.8, 4) is 5.75 Å². The lowest BCUT2D eigenvalue weighted by Gasteiger charge is -2.29. The average Bonchev–Trinajstić information content (AvgIpc) is 2.33. The summed E-state index contributed by atoms with van der Waals surface area (Å²) >= 11 is 0. The Labute approximate surface area is 96.1 Å². The van der Waals surface area contributed by atoms with Crippen molar-refractivity contribution < 1.29 is 4.74 Å². The van der Waals surface area contributed by atoms with Crippen LogP contribution in [0.4, 0.5) is 5.69 Å². The van der Waals surface area contributed by atoms with Gasteiger partial charge < -0.3 is 9.64 Å². The fraction of sp³-hybridized carbons (Fsp3) is 0.143. The molecule has 0 atom stereocenters. The van der Waals surface area contributed by atoms with Gasteiger partial charge in [-0.25, -0.2) is 0 Å². The Morgan fingerprint density at radius 1 is 1.31 bits per heavy atom. The fourth-order valence-electron chi connectivity index (χ4n) is 1.78. The van der Waals surface area contributed by atoms with Gasteiger partial charge in [0.1, 0.15) is 0 Å². The lowest BCUT2D eigenvalue weighted by Crippen LogP contribution is -2.23. The number of hydrogen-bond acceptors (Lipinski definition) is 2. The topological polar surface area (TPSA) is 12.5 Å². The molecule has 0 spiro atoms. The van der Waals surface area contributed by atoms with Gasteiger partial charge >= 0.3 is 0 Å². The summed E-state index contributed by atoms with van der Waals surface area (Å²) in [6.07, 6.45) is 5.75. The van der Waals surface area contributed by atoms with Crippen LogP contribution in [-0.4, -0.2) is 7.05 Å². The molecule has 2 rings (SSSR count). The molecule has 0 N–H and O–H groups in total. The van der Waals surface area contributed by atoms with Crippen molar-refractivity contribution in [2.24, 2.45) is 0 Å². The van der Waals surface area contributed by atoms with Crippen LogP contribution >= 0.6 is 0 Å². The Bertz CT molecular complexity index is 471. The third-order valence-corrected chi connectivity index (χ3v) is 2.57. The summed E-state index contributed by atoms with van der Waals surface area (Å²) in [4.78, 5) is 2.11. The summed E-state index contributed by atoms with van der Waals surface area (Å²) in [6.45, 7) is 5.77. The minimum atomic E-state index is 0.791. The van der Waals surface area contributed by atoms with Crippen molar-refractivity contribution in [3.63, 3.8) is 0 Å². The van der Waals surface area contributed by atoms with Crippen molar-refractivity contribution in [1.29, 1.82) is 0 Å². The highest BCUT2D eigenvalue weighted by Gasteiger charge is 2.20. The van der Waals surface area contributed by atoms with Gasteiger partial charge in [0.25, 0.3) is 0 Å². The molecular formula is C14H15NO. The van der Waals surface area contributed by atoms with Crippen molar-refractivity contribution in [1.82, 2.24) is 0 Å². The van der Waals surface area contributed by atoms with Crippen molar-refractivity contribution in [3.05, 3.63) is 60.5 Å². The Morgan fingerprint density at radius 3 is 2.75 bits per heavy atom. The van der Waals surface area contributed by atoms with E-state index in [1.165, 1.54) is 0 Å². The van der Waals surface area contributed by atoms with E-state index >= 15 is 0 Å². The second kappa shape index (κ2) is 4.27. The molecule has 1 heterocycles. The van der Waals surface area contributed by atoms with E-state index < -0.39 is 0 Å². The van der Waals surface area contributed by atoms with Crippen molar-refractivity contribution >= 4 is 5.69 Å². The monoisotopic (exact) mass is 213 g/mol. The fourth-order valence-corrected chi connectivity index (χ4v) is 1.78. The lowest BCUT2D eigenvalue weighted by molar-refractivity contribution is 0.429. The Hall–Kier alpha value is -1.96. The number of ether oxygens (including phenoxy) is 1. The quantitative estimate of drug-likeness (QED) is 0.745. The number of hydrogen-bond donors (Lipinski definition) is 0. The van der Waals surface area contributed by atoms with E-state index in [9.17, 15) is 0 Å². The van der Waals surface area contributed by atoms with Crippen LogP contribution in [0, 0.1) is 0 Å². The van der Waals surface area contributed by atoms with Gasteiger partial charge in [0, 0.05) is 7.05 Å². The van der Waals surface area contributed by atoms with E-state index in [0.29, 0.717) is 0 Å². The van der Waals surface area contributed by atoms with E-state index in [0.717, 1.165) is 22.9 Å². The molecule has 82 valence electrons. The third-order valence-electron chi connectivity index (χ3n) is 2.57. The summed E-state index contributed by atoms with van der Waals surface area (Å²) in [7, 11) is 2.03. The largest absolute Gasteiger partial charge is 0.453 e. The first-order valence-corrected chi connectivity index (χ1v) is 5.28. The van der Waals surface area contributed by atoms with E-state index in [2.05, 4.69) is 11.5 Å². The molecule has 1 aromatic carbocycles. The van der Waals surface area contributed by atoms with Crippen molar-refractivity contribution in [2.45, 2.75) is 6.92 Å². The number of nitrogens with zero attached hydrogens (tertiary/aromatic N) is 1. The van der Waals surface area contributed by atoms with E-state index in [1.54, 1.807) is 6.08 Å². The molecular weight excluding hydrogens is 198 g/mol. The SMILES string of the molecule is C=CC1=C(/C=C\C)N(C)c2ccccc2O1. The number of fused-ring (bicyclic) bond motifs is 1. The first-order valence-electron chi connectivity index (χ1n) is 5.28. The van der Waals surface area contributed by atoms with Gasteiger partial charge in [0.15, 0.2) is 11.5 Å². The summed E-state index contributed by atoms with van der Waals surface area (Å²) in [5.41, 5.74) is 2.09.